The minimum absolute atomic E-state index is 0.0346. The van der Waals surface area contributed by atoms with Crippen molar-refractivity contribution in [3.05, 3.63) is 29.3 Å². The number of nitrogens with two attached hydrogens (primary N) is 1. The molecule has 0 saturated carbocycles. The predicted molar refractivity (Wildman–Crippen MR) is 73.4 cm³/mol. The van der Waals surface area contributed by atoms with Gasteiger partial charge in [0, 0.05) is 24.8 Å². The largest absolute Gasteiger partial charge is 0.394 e. The Morgan fingerprint density at radius 2 is 2.17 bits per heavy atom. The zero-order chi connectivity index (χ0) is 13.5. The van der Waals surface area contributed by atoms with Gasteiger partial charge in [0.2, 0.25) is 0 Å². The summed E-state index contributed by atoms with van der Waals surface area (Å²) in [7, 11) is 1.93. The second kappa shape index (κ2) is 6.98. The molecule has 0 saturated heterocycles. The van der Waals surface area contributed by atoms with Crippen LogP contribution in [0.1, 0.15) is 11.1 Å². The SMILES string of the molecule is Cc1ccc(C(=N)N)c(N(C)CCOCCO)c1. The molecule has 4 N–H and O–H groups in total. The molecular formula is C13H21N3O2. The van der Waals surface area contributed by atoms with E-state index in [1.54, 1.807) is 0 Å². The number of ether oxygens (including phenoxy) is 1. The number of likely N-dealkylation sites (N-methyl/N-ethyl adjacent to an activating group) is 1. The van der Waals surface area contributed by atoms with E-state index in [4.69, 9.17) is 21.0 Å². The van der Waals surface area contributed by atoms with Crippen molar-refractivity contribution in [2.24, 2.45) is 5.73 Å². The molecule has 0 atom stereocenters. The monoisotopic (exact) mass is 251 g/mol. The Kier molecular flexibility index (Phi) is 5.61. The molecule has 0 aliphatic rings. The van der Waals surface area contributed by atoms with Crippen LogP contribution >= 0.6 is 0 Å². The van der Waals surface area contributed by atoms with E-state index in [0.717, 1.165) is 16.8 Å². The first-order chi connectivity index (χ1) is 8.56. The Balaban J connectivity index is 2.74. The summed E-state index contributed by atoms with van der Waals surface area (Å²) in [5.74, 6) is 0.0631. The third-order valence-corrected chi connectivity index (χ3v) is 2.66. The Morgan fingerprint density at radius 3 is 2.78 bits per heavy atom. The van der Waals surface area contributed by atoms with Gasteiger partial charge in [0.05, 0.1) is 19.8 Å². The summed E-state index contributed by atoms with van der Waals surface area (Å²) in [4.78, 5) is 2.00. The molecule has 0 radical (unpaired) electrons. The van der Waals surface area contributed by atoms with Crippen molar-refractivity contribution >= 4 is 11.5 Å². The molecule has 5 nitrogen and oxygen atoms in total. The van der Waals surface area contributed by atoms with Gasteiger partial charge in [-0.2, -0.15) is 0 Å². The van der Waals surface area contributed by atoms with Crippen LogP contribution in [0.4, 0.5) is 5.69 Å². The second-order valence-electron chi connectivity index (χ2n) is 4.19. The molecule has 0 spiro atoms. The Bertz CT molecular complexity index is 407. The molecule has 0 aromatic heterocycles. The topological polar surface area (TPSA) is 82.6 Å². The molecule has 0 bridgehead atoms. The number of amidine groups is 1. The van der Waals surface area contributed by atoms with Crippen molar-refractivity contribution in [2.45, 2.75) is 6.92 Å². The van der Waals surface area contributed by atoms with Crippen molar-refractivity contribution < 1.29 is 9.84 Å². The van der Waals surface area contributed by atoms with Crippen LogP contribution in [0.15, 0.2) is 18.2 Å². The minimum Gasteiger partial charge on any atom is -0.394 e. The van der Waals surface area contributed by atoms with Crippen LogP contribution in [-0.4, -0.2) is 44.4 Å². The number of benzene rings is 1. The lowest BCUT2D eigenvalue weighted by Gasteiger charge is -2.22. The van der Waals surface area contributed by atoms with Crippen molar-refractivity contribution in [3.8, 4) is 0 Å². The number of nitrogens with zero attached hydrogens (tertiary/aromatic N) is 1. The fourth-order valence-corrected chi connectivity index (χ4v) is 1.67. The highest BCUT2D eigenvalue weighted by Gasteiger charge is 2.09. The first kappa shape index (κ1) is 14.5. The maximum Gasteiger partial charge on any atom is 0.124 e. The van der Waals surface area contributed by atoms with Gasteiger partial charge in [-0.05, 0) is 24.6 Å². The average Bonchev–Trinajstić information content (AvgIpc) is 2.34. The van der Waals surface area contributed by atoms with E-state index < -0.39 is 0 Å². The molecule has 0 aliphatic heterocycles. The van der Waals surface area contributed by atoms with Gasteiger partial charge < -0.3 is 20.5 Å². The van der Waals surface area contributed by atoms with Crippen LogP contribution in [0.2, 0.25) is 0 Å². The van der Waals surface area contributed by atoms with Crippen LogP contribution in [-0.2, 0) is 4.74 Å². The quantitative estimate of drug-likeness (QED) is 0.379. The summed E-state index contributed by atoms with van der Waals surface area (Å²) in [6.07, 6.45) is 0. The maximum absolute atomic E-state index is 8.62. The number of aliphatic hydroxyl groups excluding tert-OH is 1. The first-order valence-electron chi connectivity index (χ1n) is 5.91. The van der Waals surface area contributed by atoms with E-state index in [2.05, 4.69) is 0 Å². The van der Waals surface area contributed by atoms with Gasteiger partial charge in [-0.3, -0.25) is 5.41 Å². The summed E-state index contributed by atoms with van der Waals surface area (Å²) < 4.78 is 5.23. The molecule has 0 fully saturated rings. The number of anilines is 1. The maximum atomic E-state index is 8.62. The van der Waals surface area contributed by atoms with Crippen LogP contribution < -0.4 is 10.6 Å². The number of nitrogen functional groups attached to an aromatic ring is 1. The van der Waals surface area contributed by atoms with Crippen LogP contribution in [0, 0.1) is 12.3 Å². The van der Waals surface area contributed by atoms with Crippen molar-refractivity contribution in [1.82, 2.24) is 0 Å². The number of hydrogen-bond acceptors (Lipinski definition) is 4. The van der Waals surface area contributed by atoms with Crippen LogP contribution in [0.5, 0.6) is 0 Å². The summed E-state index contributed by atoms with van der Waals surface area (Å²) in [5.41, 5.74) is 8.35. The van der Waals surface area contributed by atoms with Gasteiger partial charge in [0.25, 0.3) is 0 Å². The van der Waals surface area contributed by atoms with Gasteiger partial charge in [-0.25, -0.2) is 0 Å². The first-order valence-corrected chi connectivity index (χ1v) is 5.91. The highest BCUT2D eigenvalue weighted by atomic mass is 16.5. The molecular weight excluding hydrogens is 230 g/mol. The lowest BCUT2D eigenvalue weighted by Crippen LogP contribution is -2.26. The molecule has 0 heterocycles. The number of hydrogen-bond donors (Lipinski definition) is 3. The van der Waals surface area contributed by atoms with Gasteiger partial charge in [0.15, 0.2) is 0 Å². The van der Waals surface area contributed by atoms with Gasteiger partial charge in [0.1, 0.15) is 5.84 Å². The highest BCUT2D eigenvalue weighted by Crippen LogP contribution is 2.20. The fourth-order valence-electron chi connectivity index (χ4n) is 1.67. The van der Waals surface area contributed by atoms with Crippen molar-refractivity contribution in [2.75, 3.05) is 38.3 Å². The molecule has 0 unspecified atom stereocenters. The summed E-state index contributed by atoms with van der Waals surface area (Å²) >= 11 is 0. The Labute approximate surface area is 108 Å². The predicted octanol–water partition coefficient (Wildman–Crippen LogP) is 0.724. The smallest absolute Gasteiger partial charge is 0.124 e. The van der Waals surface area contributed by atoms with Gasteiger partial charge in [-0.1, -0.05) is 6.07 Å². The molecule has 5 heteroatoms. The minimum atomic E-state index is 0.0346. The van der Waals surface area contributed by atoms with Crippen molar-refractivity contribution in [1.29, 1.82) is 5.41 Å². The van der Waals surface area contributed by atoms with E-state index in [0.29, 0.717) is 19.8 Å². The number of nitrogens with one attached hydrogen (secondary N) is 1. The highest BCUT2D eigenvalue weighted by molar-refractivity contribution is 6.00. The lowest BCUT2D eigenvalue weighted by molar-refractivity contribution is 0.0971. The molecule has 1 rings (SSSR count). The summed E-state index contributed by atoms with van der Waals surface area (Å²) in [6, 6.07) is 5.80. The van der Waals surface area contributed by atoms with Gasteiger partial charge >= 0.3 is 0 Å². The van der Waals surface area contributed by atoms with E-state index in [1.165, 1.54) is 0 Å². The normalized spacial score (nSPS) is 10.4. The molecule has 1 aromatic rings. The average molecular weight is 251 g/mol. The van der Waals surface area contributed by atoms with E-state index in [1.807, 2.05) is 37.1 Å². The fraction of sp³-hybridized carbons (Fsp3) is 0.462. The number of aliphatic hydroxyl groups is 1. The Hall–Kier alpha value is -1.59. The Morgan fingerprint density at radius 1 is 1.44 bits per heavy atom. The van der Waals surface area contributed by atoms with Crippen LogP contribution in [0.3, 0.4) is 0 Å². The van der Waals surface area contributed by atoms with Crippen LogP contribution in [0.25, 0.3) is 0 Å². The molecule has 100 valence electrons. The van der Waals surface area contributed by atoms with Gasteiger partial charge in [-0.15, -0.1) is 0 Å². The molecule has 18 heavy (non-hydrogen) atoms. The third-order valence-electron chi connectivity index (χ3n) is 2.66. The number of aryl methyl sites for hydroxylation is 1. The summed E-state index contributed by atoms with van der Waals surface area (Å²) in [6.45, 7) is 3.60. The zero-order valence-electron chi connectivity index (χ0n) is 10.9. The molecule has 0 amide bonds. The zero-order valence-corrected chi connectivity index (χ0v) is 10.9. The number of rotatable bonds is 7. The van der Waals surface area contributed by atoms with E-state index in [9.17, 15) is 0 Å². The summed E-state index contributed by atoms with van der Waals surface area (Å²) in [5, 5.41) is 16.2. The second-order valence-corrected chi connectivity index (χ2v) is 4.19. The van der Waals surface area contributed by atoms with Crippen molar-refractivity contribution in [3.63, 3.8) is 0 Å². The standard InChI is InChI=1S/C13H21N3O2/c1-10-3-4-11(13(14)15)12(9-10)16(2)5-7-18-8-6-17/h3-4,9,17H,5-8H2,1-2H3,(H3,14,15). The molecule has 1 aromatic carbocycles. The van der Waals surface area contributed by atoms with E-state index >= 15 is 0 Å². The van der Waals surface area contributed by atoms with E-state index in [-0.39, 0.29) is 12.4 Å². The third kappa shape index (κ3) is 4.01. The molecule has 0 aliphatic carbocycles. The lowest BCUT2D eigenvalue weighted by atomic mass is 10.1.